The zero-order valence-corrected chi connectivity index (χ0v) is 17.2. The van der Waals surface area contributed by atoms with Gasteiger partial charge >= 0.3 is 0 Å². The van der Waals surface area contributed by atoms with Gasteiger partial charge in [-0.25, -0.2) is 4.98 Å². The van der Waals surface area contributed by atoms with E-state index in [0.717, 1.165) is 40.2 Å². The Kier molecular flexibility index (Phi) is 5.95. The van der Waals surface area contributed by atoms with Gasteiger partial charge in [0.15, 0.2) is 11.0 Å². The van der Waals surface area contributed by atoms with E-state index in [0.29, 0.717) is 13.2 Å². The van der Waals surface area contributed by atoms with Gasteiger partial charge in [-0.3, -0.25) is 4.57 Å². The van der Waals surface area contributed by atoms with E-state index in [2.05, 4.69) is 40.8 Å². The molecule has 0 spiro atoms. The molecule has 0 fully saturated rings. The zero-order chi connectivity index (χ0) is 20.1. The van der Waals surface area contributed by atoms with Crippen molar-refractivity contribution in [2.45, 2.75) is 37.4 Å². The van der Waals surface area contributed by atoms with Gasteiger partial charge in [0, 0.05) is 24.7 Å². The van der Waals surface area contributed by atoms with E-state index in [-0.39, 0.29) is 0 Å². The van der Waals surface area contributed by atoms with Crippen molar-refractivity contribution in [3.63, 3.8) is 0 Å². The average Bonchev–Trinajstić information content (AvgIpc) is 3.35. The molecule has 0 aliphatic heterocycles. The van der Waals surface area contributed by atoms with Gasteiger partial charge in [0.2, 0.25) is 0 Å². The Labute approximate surface area is 174 Å². The van der Waals surface area contributed by atoms with Crippen LogP contribution in [-0.4, -0.2) is 24.1 Å². The van der Waals surface area contributed by atoms with Crippen LogP contribution >= 0.6 is 11.8 Å². The van der Waals surface area contributed by atoms with Crippen LogP contribution in [0.5, 0.6) is 5.75 Å². The molecule has 6 nitrogen and oxygen atoms in total. The highest BCUT2D eigenvalue weighted by Crippen LogP contribution is 2.23. The summed E-state index contributed by atoms with van der Waals surface area (Å²) in [6.45, 7) is 6.99. The van der Waals surface area contributed by atoms with Crippen LogP contribution in [-0.2, 0) is 25.3 Å². The quantitative estimate of drug-likeness (QED) is 0.302. The van der Waals surface area contributed by atoms with Gasteiger partial charge < -0.3 is 9.14 Å². The van der Waals surface area contributed by atoms with E-state index in [1.807, 2.05) is 57.8 Å². The number of benzene rings is 1. The fourth-order valence-electron chi connectivity index (χ4n) is 3.01. The van der Waals surface area contributed by atoms with Crippen LogP contribution in [0.4, 0.5) is 0 Å². The van der Waals surface area contributed by atoms with Gasteiger partial charge in [-0.2, -0.15) is 0 Å². The Morgan fingerprint density at radius 3 is 2.76 bits per heavy atom. The van der Waals surface area contributed by atoms with E-state index < -0.39 is 0 Å². The Morgan fingerprint density at radius 1 is 1.14 bits per heavy atom. The third-order valence-corrected chi connectivity index (χ3v) is 5.57. The number of rotatable bonds is 9. The molecule has 0 saturated heterocycles. The van der Waals surface area contributed by atoms with Crippen molar-refractivity contribution in [1.82, 2.24) is 24.1 Å². The maximum Gasteiger partial charge on any atom is 0.191 e. The fraction of sp³-hybridized carbons (Fsp3) is 0.227. The van der Waals surface area contributed by atoms with Crippen LogP contribution in [0.15, 0.2) is 72.7 Å². The summed E-state index contributed by atoms with van der Waals surface area (Å²) in [7, 11) is 0. The number of ether oxygens (including phenoxy) is 1. The molecule has 29 heavy (non-hydrogen) atoms. The molecule has 7 heteroatoms. The molecule has 0 unspecified atom stereocenters. The maximum absolute atomic E-state index is 5.91. The molecule has 0 radical (unpaired) electrons. The highest BCUT2D eigenvalue weighted by Gasteiger charge is 2.13. The lowest BCUT2D eigenvalue weighted by atomic mass is 10.2. The first kappa shape index (κ1) is 19.3. The topological polar surface area (TPSA) is 57.2 Å². The van der Waals surface area contributed by atoms with E-state index in [1.54, 1.807) is 11.8 Å². The van der Waals surface area contributed by atoms with Gasteiger partial charge in [0.05, 0.1) is 5.69 Å². The minimum Gasteiger partial charge on any atom is -0.486 e. The predicted octanol–water partition coefficient (Wildman–Crippen LogP) is 4.55. The lowest BCUT2D eigenvalue weighted by Gasteiger charge is -2.09. The Bertz CT molecular complexity index is 1070. The number of thioether (sulfide) groups is 1. The van der Waals surface area contributed by atoms with Crippen LogP contribution in [0.25, 0.3) is 5.65 Å². The van der Waals surface area contributed by atoms with Crippen molar-refractivity contribution in [2.24, 2.45) is 0 Å². The van der Waals surface area contributed by atoms with Crippen molar-refractivity contribution in [1.29, 1.82) is 0 Å². The SMILES string of the molecule is C=CCn1c(COc2ccc(CC)cc2)nnc1SCc1cn2ccccc2n1. The van der Waals surface area contributed by atoms with Crippen molar-refractivity contribution in [3.05, 3.63) is 84.6 Å². The van der Waals surface area contributed by atoms with E-state index >= 15 is 0 Å². The largest absolute Gasteiger partial charge is 0.486 e. The molecule has 0 aliphatic rings. The Balaban J connectivity index is 1.44. The minimum atomic E-state index is 0.362. The van der Waals surface area contributed by atoms with Crippen molar-refractivity contribution in [2.75, 3.05) is 0 Å². The molecule has 0 amide bonds. The molecular formula is C22H23N5OS. The second-order valence-corrected chi connectivity index (χ2v) is 7.51. The van der Waals surface area contributed by atoms with Crippen LogP contribution in [0, 0.1) is 0 Å². The highest BCUT2D eigenvalue weighted by molar-refractivity contribution is 7.98. The number of imidazole rings is 1. The number of nitrogens with zero attached hydrogens (tertiary/aromatic N) is 5. The van der Waals surface area contributed by atoms with E-state index in [9.17, 15) is 0 Å². The van der Waals surface area contributed by atoms with E-state index in [1.165, 1.54) is 5.56 Å². The van der Waals surface area contributed by atoms with Gasteiger partial charge in [0.1, 0.15) is 18.0 Å². The lowest BCUT2D eigenvalue weighted by molar-refractivity contribution is 0.289. The van der Waals surface area contributed by atoms with Crippen LogP contribution in [0.2, 0.25) is 0 Å². The Hall–Kier alpha value is -3.06. The minimum absolute atomic E-state index is 0.362. The first-order valence-corrected chi connectivity index (χ1v) is 10.6. The highest BCUT2D eigenvalue weighted by atomic mass is 32.2. The summed E-state index contributed by atoms with van der Waals surface area (Å²) in [6, 6.07) is 14.1. The van der Waals surface area contributed by atoms with Gasteiger partial charge in [-0.1, -0.05) is 43.0 Å². The monoisotopic (exact) mass is 405 g/mol. The summed E-state index contributed by atoms with van der Waals surface area (Å²) in [4.78, 5) is 4.64. The number of hydrogen-bond acceptors (Lipinski definition) is 5. The second kappa shape index (κ2) is 8.96. The van der Waals surface area contributed by atoms with E-state index in [4.69, 9.17) is 4.74 Å². The number of allylic oxidation sites excluding steroid dienone is 1. The summed E-state index contributed by atoms with van der Waals surface area (Å²) < 4.78 is 9.97. The van der Waals surface area contributed by atoms with Gasteiger partial charge in [-0.15, -0.1) is 16.8 Å². The van der Waals surface area contributed by atoms with Crippen molar-refractivity contribution >= 4 is 17.4 Å². The van der Waals surface area contributed by atoms with Gasteiger partial charge in [-0.05, 0) is 36.2 Å². The predicted molar refractivity (Wildman–Crippen MR) is 115 cm³/mol. The first-order chi connectivity index (χ1) is 14.3. The van der Waals surface area contributed by atoms with Crippen molar-refractivity contribution < 1.29 is 4.74 Å². The molecule has 0 bridgehead atoms. The molecule has 4 aromatic rings. The molecule has 0 N–H and O–H groups in total. The molecule has 0 aliphatic carbocycles. The van der Waals surface area contributed by atoms with Crippen molar-refractivity contribution in [3.8, 4) is 5.75 Å². The summed E-state index contributed by atoms with van der Waals surface area (Å²) in [5.74, 6) is 2.33. The lowest BCUT2D eigenvalue weighted by Crippen LogP contribution is -2.07. The first-order valence-electron chi connectivity index (χ1n) is 9.57. The zero-order valence-electron chi connectivity index (χ0n) is 16.4. The second-order valence-electron chi connectivity index (χ2n) is 6.57. The Morgan fingerprint density at radius 2 is 2.00 bits per heavy atom. The fourth-order valence-corrected chi connectivity index (χ4v) is 3.86. The van der Waals surface area contributed by atoms with Crippen LogP contribution < -0.4 is 4.74 Å². The number of aryl methyl sites for hydroxylation is 1. The number of hydrogen-bond donors (Lipinski definition) is 0. The molecule has 3 aromatic heterocycles. The third-order valence-electron chi connectivity index (χ3n) is 4.57. The van der Waals surface area contributed by atoms with Crippen LogP contribution in [0.3, 0.4) is 0 Å². The standard InChI is InChI=1S/C22H23N5OS/c1-3-12-27-21(15-28-19-10-8-17(4-2)9-11-19)24-25-22(27)29-16-18-14-26-13-6-5-7-20(26)23-18/h3,5-11,13-14H,1,4,12,15-16H2,2H3. The molecule has 3 heterocycles. The molecule has 0 saturated carbocycles. The molecule has 1 aromatic carbocycles. The smallest absolute Gasteiger partial charge is 0.191 e. The average molecular weight is 406 g/mol. The number of aromatic nitrogens is 5. The molecule has 4 rings (SSSR count). The normalized spacial score (nSPS) is 11.1. The summed E-state index contributed by atoms with van der Waals surface area (Å²) in [5.41, 5.74) is 3.24. The molecule has 148 valence electrons. The summed E-state index contributed by atoms with van der Waals surface area (Å²) in [5, 5.41) is 9.52. The van der Waals surface area contributed by atoms with Crippen LogP contribution in [0.1, 0.15) is 24.0 Å². The third kappa shape index (κ3) is 4.51. The summed E-state index contributed by atoms with van der Waals surface area (Å²) in [6.07, 6.45) is 6.90. The maximum atomic E-state index is 5.91. The number of pyridine rings is 1. The molecular weight excluding hydrogens is 382 g/mol. The summed E-state index contributed by atoms with van der Waals surface area (Å²) >= 11 is 1.61. The number of fused-ring (bicyclic) bond motifs is 1. The van der Waals surface area contributed by atoms with Gasteiger partial charge in [0.25, 0.3) is 0 Å². The molecule has 0 atom stereocenters.